The van der Waals surface area contributed by atoms with Crippen molar-refractivity contribution in [2.24, 2.45) is 0 Å². The topological polar surface area (TPSA) is 58.6 Å². The van der Waals surface area contributed by atoms with Crippen LogP contribution < -0.4 is 5.32 Å². The molecule has 114 valence electrons. The van der Waals surface area contributed by atoms with Crippen molar-refractivity contribution in [1.82, 2.24) is 5.32 Å². The second-order valence-corrected chi connectivity index (χ2v) is 5.30. The van der Waals surface area contributed by atoms with E-state index in [0.717, 1.165) is 19.4 Å². The highest BCUT2D eigenvalue weighted by atomic mass is 16.5. The van der Waals surface area contributed by atoms with Crippen molar-refractivity contribution in [2.75, 3.05) is 19.8 Å². The number of carbonyl (C=O) groups is 1. The number of likely N-dealkylation sites (N-methyl/N-ethyl adjacent to an activating group) is 1. The molecule has 4 nitrogen and oxygen atoms in total. The van der Waals surface area contributed by atoms with Crippen molar-refractivity contribution < 1.29 is 14.6 Å². The molecule has 0 radical (unpaired) electrons. The summed E-state index contributed by atoms with van der Waals surface area (Å²) in [5.74, 6) is -0.783. The second kappa shape index (κ2) is 11.2. The Kier molecular flexibility index (Phi) is 10.9. The van der Waals surface area contributed by atoms with Crippen LogP contribution in [0.15, 0.2) is 0 Å². The summed E-state index contributed by atoms with van der Waals surface area (Å²) < 4.78 is 5.55. The first-order valence-electron chi connectivity index (χ1n) is 7.63. The summed E-state index contributed by atoms with van der Waals surface area (Å²) in [6.07, 6.45) is 7.59. The van der Waals surface area contributed by atoms with E-state index in [9.17, 15) is 9.90 Å². The van der Waals surface area contributed by atoms with Gasteiger partial charge in [-0.3, -0.25) is 4.79 Å². The fourth-order valence-corrected chi connectivity index (χ4v) is 2.10. The predicted molar refractivity (Wildman–Crippen MR) is 78.5 cm³/mol. The lowest BCUT2D eigenvalue weighted by atomic mass is 9.96. The van der Waals surface area contributed by atoms with Crippen LogP contribution in [0.25, 0.3) is 0 Å². The van der Waals surface area contributed by atoms with Crippen LogP contribution >= 0.6 is 0 Å². The fraction of sp³-hybridized carbons (Fsp3) is 0.933. The van der Waals surface area contributed by atoms with E-state index in [-0.39, 0.29) is 0 Å². The SMILES string of the molecule is CCCCCCCOCCCC(C)(NCC)C(=O)O. The van der Waals surface area contributed by atoms with Gasteiger partial charge in [-0.25, -0.2) is 0 Å². The van der Waals surface area contributed by atoms with Gasteiger partial charge in [0.15, 0.2) is 0 Å². The zero-order chi connectivity index (χ0) is 14.6. The van der Waals surface area contributed by atoms with Gasteiger partial charge >= 0.3 is 5.97 Å². The minimum Gasteiger partial charge on any atom is -0.480 e. The highest BCUT2D eigenvalue weighted by Crippen LogP contribution is 2.13. The summed E-state index contributed by atoms with van der Waals surface area (Å²) in [4.78, 5) is 11.2. The van der Waals surface area contributed by atoms with Crippen LogP contribution in [0.1, 0.15) is 65.7 Å². The largest absolute Gasteiger partial charge is 0.480 e. The van der Waals surface area contributed by atoms with Gasteiger partial charge in [0.1, 0.15) is 5.54 Å². The van der Waals surface area contributed by atoms with E-state index < -0.39 is 11.5 Å². The highest BCUT2D eigenvalue weighted by molar-refractivity contribution is 5.78. The molecule has 0 amide bonds. The smallest absolute Gasteiger partial charge is 0.323 e. The molecule has 1 atom stereocenters. The zero-order valence-corrected chi connectivity index (χ0v) is 12.8. The van der Waals surface area contributed by atoms with Gasteiger partial charge in [0.05, 0.1) is 0 Å². The maximum absolute atomic E-state index is 11.2. The molecule has 19 heavy (non-hydrogen) atoms. The van der Waals surface area contributed by atoms with Crippen LogP contribution in [-0.2, 0) is 9.53 Å². The van der Waals surface area contributed by atoms with Gasteiger partial charge in [0.2, 0.25) is 0 Å². The number of carboxylic acids is 1. The van der Waals surface area contributed by atoms with Gasteiger partial charge in [-0.05, 0) is 32.7 Å². The maximum Gasteiger partial charge on any atom is 0.323 e. The van der Waals surface area contributed by atoms with E-state index in [1.54, 1.807) is 6.92 Å². The highest BCUT2D eigenvalue weighted by Gasteiger charge is 2.30. The number of hydrogen-bond donors (Lipinski definition) is 2. The number of hydrogen-bond acceptors (Lipinski definition) is 3. The van der Waals surface area contributed by atoms with Crippen LogP contribution in [0.2, 0.25) is 0 Å². The van der Waals surface area contributed by atoms with E-state index in [1.807, 2.05) is 6.92 Å². The summed E-state index contributed by atoms with van der Waals surface area (Å²) in [6.45, 7) is 8.00. The molecule has 2 N–H and O–H groups in total. The van der Waals surface area contributed by atoms with Gasteiger partial charge in [-0.15, -0.1) is 0 Å². The fourth-order valence-electron chi connectivity index (χ4n) is 2.10. The van der Waals surface area contributed by atoms with E-state index in [4.69, 9.17) is 4.74 Å². The number of carboxylic acid groups (broad SMARTS) is 1. The first kappa shape index (κ1) is 18.4. The lowest BCUT2D eigenvalue weighted by molar-refractivity contribution is -0.144. The molecule has 0 aliphatic carbocycles. The Balaban J connectivity index is 3.53. The van der Waals surface area contributed by atoms with Crippen molar-refractivity contribution in [3.8, 4) is 0 Å². The van der Waals surface area contributed by atoms with Crippen molar-refractivity contribution in [3.63, 3.8) is 0 Å². The summed E-state index contributed by atoms with van der Waals surface area (Å²) in [5.41, 5.74) is -0.820. The molecule has 0 bridgehead atoms. The number of rotatable bonds is 13. The summed E-state index contributed by atoms with van der Waals surface area (Å²) in [7, 11) is 0. The van der Waals surface area contributed by atoms with Gasteiger partial charge in [-0.2, -0.15) is 0 Å². The Bertz CT molecular complexity index is 233. The Hall–Kier alpha value is -0.610. The molecule has 0 saturated heterocycles. The van der Waals surface area contributed by atoms with Crippen LogP contribution in [0.5, 0.6) is 0 Å². The second-order valence-electron chi connectivity index (χ2n) is 5.30. The lowest BCUT2D eigenvalue weighted by Crippen LogP contribution is -2.49. The number of ether oxygens (including phenoxy) is 1. The first-order valence-corrected chi connectivity index (χ1v) is 7.63. The van der Waals surface area contributed by atoms with Crippen LogP contribution in [0.3, 0.4) is 0 Å². The molecule has 0 spiro atoms. The molecule has 0 aromatic heterocycles. The van der Waals surface area contributed by atoms with Gasteiger partial charge in [0, 0.05) is 13.2 Å². The molecule has 0 aromatic carbocycles. The standard InChI is InChI=1S/C15H31NO3/c1-4-6-7-8-9-12-19-13-10-11-15(3,14(17)18)16-5-2/h16H,4-13H2,1-3H3,(H,17,18). The Morgan fingerprint density at radius 1 is 1.11 bits per heavy atom. The minimum atomic E-state index is -0.820. The van der Waals surface area contributed by atoms with Crippen LogP contribution in [-0.4, -0.2) is 36.4 Å². The third-order valence-corrected chi connectivity index (χ3v) is 3.40. The van der Waals surface area contributed by atoms with Gasteiger partial charge in [-0.1, -0.05) is 39.5 Å². The number of unbranched alkanes of at least 4 members (excludes halogenated alkanes) is 4. The molecule has 4 heteroatoms. The Morgan fingerprint density at radius 2 is 1.74 bits per heavy atom. The van der Waals surface area contributed by atoms with Crippen molar-refractivity contribution in [2.45, 2.75) is 71.3 Å². The van der Waals surface area contributed by atoms with Gasteiger partial charge in [0.25, 0.3) is 0 Å². The van der Waals surface area contributed by atoms with Gasteiger partial charge < -0.3 is 15.2 Å². The van der Waals surface area contributed by atoms with Crippen molar-refractivity contribution >= 4 is 5.97 Å². The van der Waals surface area contributed by atoms with Crippen LogP contribution in [0, 0.1) is 0 Å². The average Bonchev–Trinajstić information content (AvgIpc) is 2.37. The van der Waals surface area contributed by atoms with Crippen molar-refractivity contribution in [1.29, 1.82) is 0 Å². The predicted octanol–water partition coefficient (Wildman–Crippen LogP) is 3.21. The summed E-state index contributed by atoms with van der Waals surface area (Å²) in [6, 6.07) is 0. The average molecular weight is 273 g/mol. The summed E-state index contributed by atoms with van der Waals surface area (Å²) >= 11 is 0. The normalized spacial score (nSPS) is 14.3. The lowest BCUT2D eigenvalue weighted by Gasteiger charge is -2.25. The number of nitrogens with one attached hydrogen (secondary N) is 1. The molecular formula is C15H31NO3. The molecular weight excluding hydrogens is 242 g/mol. The third-order valence-electron chi connectivity index (χ3n) is 3.40. The molecule has 0 aliphatic heterocycles. The first-order chi connectivity index (χ1) is 9.06. The van der Waals surface area contributed by atoms with Crippen LogP contribution in [0.4, 0.5) is 0 Å². The molecule has 0 aliphatic rings. The maximum atomic E-state index is 11.2. The minimum absolute atomic E-state index is 0.603. The van der Waals surface area contributed by atoms with E-state index in [1.165, 1.54) is 25.7 Å². The molecule has 0 rings (SSSR count). The molecule has 0 saturated carbocycles. The van der Waals surface area contributed by atoms with E-state index >= 15 is 0 Å². The summed E-state index contributed by atoms with van der Waals surface area (Å²) in [5, 5.41) is 12.2. The monoisotopic (exact) mass is 273 g/mol. The molecule has 0 heterocycles. The molecule has 0 fully saturated rings. The Labute approximate surface area is 117 Å². The third kappa shape index (κ3) is 9.00. The Morgan fingerprint density at radius 3 is 2.32 bits per heavy atom. The van der Waals surface area contributed by atoms with E-state index in [0.29, 0.717) is 19.6 Å². The van der Waals surface area contributed by atoms with E-state index in [2.05, 4.69) is 12.2 Å². The zero-order valence-electron chi connectivity index (χ0n) is 12.8. The number of aliphatic carboxylic acids is 1. The molecule has 1 unspecified atom stereocenters. The molecule has 0 aromatic rings. The quantitative estimate of drug-likeness (QED) is 0.506. The van der Waals surface area contributed by atoms with Crippen molar-refractivity contribution in [3.05, 3.63) is 0 Å².